The first-order valence-corrected chi connectivity index (χ1v) is 6.92. The molecule has 5 heteroatoms. The molecule has 1 aliphatic rings. The predicted octanol–water partition coefficient (Wildman–Crippen LogP) is 2.34. The second kappa shape index (κ2) is 5.69. The van der Waals surface area contributed by atoms with Crippen molar-refractivity contribution in [2.24, 2.45) is 5.92 Å². The lowest BCUT2D eigenvalue weighted by Crippen LogP contribution is -2.37. The highest BCUT2D eigenvalue weighted by atomic mass is 79.9. The monoisotopic (exact) mass is 312 g/mol. The summed E-state index contributed by atoms with van der Waals surface area (Å²) in [6.07, 6.45) is 3.90. The van der Waals surface area contributed by atoms with Crippen molar-refractivity contribution in [1.29, 1.82) is 0 Å². The third-order valence-corrected chi connectivity index (χ3v) is 4.00. The minimum Gasteiger partial charge on any atom is -0.480 e. The number of nitrogens with zero attached hydrogens (tertiary/aromatic N) is 2. The molecule has 18 heavy (non-hydrogen) atoms. The molecule has 2 rings (SSSR count). The first-order valence-electron chi connectivity index (χ1n) is 6.00. The number of alkyl halides is 1. The number of methoxy groups -OCH3 is 1. The third kappa shape index (κ3) is 2.83. The van der Waals surface area contributed by atoms with E-state index < -0.39 is 0 Å². The summed E-state index contributed by atoms with van der Waals surface area (Å²) in [6.45, 7) is 0.791. The highest BCUT2D eigenvalue weighted by Crippen LogP contribution is 2.33. The van der Waals surface area contributed by atoms with Crippen molar-refractivity contribution >= 4 is 21.8 Å². The minimum absolute atomic E-state index is 0.0297. The number of aromatic nitrogens is 1. The number of rotatable bonds is 4. The number of carbonyl (C=O) groups excluding carboxylic acids is 1. The summed E-state index contributed by atoms with van der Waals surface area (Å²) in [7, 11) is 3.36. The van der Waals surface area contributed by atoms with Crippen LogP contribution in [-0.4, -0.2) is 41.3 Å². The number of pyridine rings is 1. The second-order valence-corrected chi connectivity index (χ2v) is 5.98. The van der Waals surface area contributed by atoms with Crippen LogP contribution in [0, 0.1) is 5.92 Å². The van der Waals surface area contributed by atoms with Gasteiger partial charge in [-0.05, 0) is 30.9 Å². The fraction of sp³-hybridized carbons (Fsp3) is 0.538. The van der Waals surface area contributed by atoms with E-state index in [2.05, 4.69) is 20.9 Å². The van der Waals surface area contributed by atoms with Gasteiger partial charge < -0.3 is 9.64 Å². The normalized spacial score (nSPS) is 22.2. The largest absolute Gasteiger partial charge is 0.480 e. The molecular formula is C13H17BrN2O2. The van der Waals surface area contributed by atoms with Gasteiger partial charge in [0.1, 0.15) is 5.56 Å². The smallest absolute Gasteiger partial charge is 0.259 e. The van der Waals surface area contributed by atoms with Crippen LogP contribution in [0.5, 0.6) is 5.88 Å². The van der Waals surface area contributed by atoms with Crippen LogP contribution in [0.25, 0.3) is 0 Å². The molecule has 0 unspecified atom stereocenters. The van der Waals surface area contributed by atoms with Crippen molar-refractivity contribution in [1.82, 2.24) is 9.88 Å². The molecule has 0 bridgehead atoms. The second-order valence-electron chi connectivity index (χ2n) is 4.68. The van der Waals surface area contributed by atoms with Gasteiger partial charge in [-0.2, -0.15) is 0 Å². The van der Waals surface area contributed by atoms with Crippen molar-refractivity contribution in [3.05, 3.63) is 23.9 Å². The molecule has 0 aromatic carbocycles. The van der Waals surface area contributed by atoms with Crippen LogP contribution in [0.15, 0.2) is 18.3 Å². The van der Waals surface area contributed by atoms with E-state index in [0.717, 1.165) is 19.4 Å². The molecule has 0 saturated heterocycles. The highest BCUT2D eigenvalue weighted by molar-refractivity contribution is 9.09. The first kappa shape index (κ1) is 13.3. The van der Waals surface area contributed by atoms with Crippen LogP contribution in [0.1, 0.15) is 23.2 Å². The van der Waals surface area contributed by atoms with Gasteiger partial charge in [-0.1, -0.05) is 15.9 Å². The van der Waals surface area contributed by atoms with Gasteiger partial charge >= 0.3 is 0 Å². The van der Waals surface area contributed by atoms with E-state index in [0.29, 0.717) is 22.2 Å². The number of amides is 1. The van der Waals surface area contributed by atoms with Gasteiger partial charge in [0, 0.05) is 24.6 Å². The van der Waals surface area contributed by atoms with Crippen LogP contribution in [0.4, 0.5) is 0 Å². The number of carbonyl (C=O) groups is 1. The Bertz CT molecular complexity index is 433. The number of ether oxygens (including phenoxy) is 1. The Morgan fingerprint density at radius 3 is 2.94 bits per heavy atom. The summed E-state index contributed by atoms with van der Waals surface area (Å²) in [5, 5.41) is 0. The number of halogens is 1. The van der Waals surface area contributed by atoms with Gasteiger partial charge in [-0.25, -0.2) is 4.98 Å². The fourth-order valence-corrected chi connectivity index (χ4v) is 3.25. The van der Waals surface area contributed by atoms with Crippen molar-refractivity contribution < 1.29 is 9.53 Å². The Hall–Kier alpha value is -1.10. The Morgan fingerprint density at radius 2 is 2.33 bits per heavy atom. The van der Waals surface area contributed by atoms with E-state index in [1.807, 2.05) is 7.05 Å². The van der Waals surface area contributed by atoms with Crippen molar-refractivity contribution in [3.8, 4) is 5.88 Å². The van der Waals surface area contributed by atoms with Crippen LogP contribution in [0.2, 0.25) is 0 Å². The van der Waals surface area contributed by atoms with E-state index in [4.69, 9.17) is 4.74 Å². The Kier molecular flexibility index (Phi) is 4.22. The number of hydrogen-bond donors (Lipinski definition) is 0. The lowest BCUT2D eigenvalue weighted by Gasteiger charge is -2.34. The summed E-state index contributed by atoms with van der Waals surface area (Å²) < 4.78 is 5.11. The van der Waals surface area contributed by atoms with Crippen molar-refractivity contribution in [2.75, 3.05) is 20.7 Å². The van der Waals surface area contributed by atoms with Crippen LogP contribution >= 0.6 is 15.9 Å². The van der Waals surface area contributed by atoms with Crippen LogP contribution in [0.3, 0.4) is 0 Å². The summed E-state index contributed by atoms with van der Waals surface area (Å²) >= 11 is 3.56. The van der Waals surface area contributed by atoms with Crippen LogP contribution < -0.4 is 4.74 Å². The standard InChI is InChI=1S/C13H17BrN2O2/c1-16(8-9-6-10(14)7-9)13(17)11-4-3-5-15-12(11)18-2/h3-5,9-10H,6-8H2,1-2H3. The molecule has 1 aliphatic carbocycles. The van der Waals surface area contributed by atoms with Gasteiger partial charge in [0.05, 0.1) is 7.11 Å². The maximum Gasteiger partial charge on any atom is 0.259 e. The molecule has 1 fully saturated rings. The Balaban J connectivity index is 2.01. The number of hydrogen-bond acceptors (Lipinski definition) is 3. The molecule has 0 radical (unpaired) electrons. The van der Waals surface area contributed by atoms with Gasteiger partial charge in [-0.15, -0.1) is 0 Å². The molecule has 1 saturated carbocycles. The molecule has 1 aromatic rings. The average Bonchev–Trinajstić information content (AvgIpc) is 2.35. The molecule has 0 N–H and O–H groups in total. The molecule has 1 amide bonds. The topological polar surface area (TPSA) is 42.4 Å². The Morgan fingerprint density at radius 1 is 1.61 bits per heavy atom. The third-order valence-electron chi connectivity index (χ3n) is 3.25. The minimum atomic E-state index is -0.0297. The highest BCUT2D eigenvalue weighted by Gasteiger charge is 2.29. The van der Waals surface area contributed by atoms with Gasteiger partial charge in [-0.3, -0.25) is 4.79 Å². The summed E-state index contributed by atoms with van der Waals surface area (Å²) in [4.78, 5) is 18.7. The summed E-state index contributed by atoms with van der Waals surface area (Å²) in [6, 6.07) is 3.50. The van der Waals surface area contributed by atoms with Crippen molar-refractivity contribution in [2.45, 2.75) is 17.7 Å². The van der Waals surface area contributed by atoms with E-state index in [9.17, 15) is 4.79 Å². The van der Waals surface area contributed by atoms with E-state index in [1.54, 1.807) is 23.2 Å². The van der Waals surface area contributed by atoms with Gasteiger partial charge in [0.2, 0.25) is 5.88 Å². The maximum absolute atomic E-state index is 12.3. The molecular weight excluding hydrogens is 296 g/mol. The average molecular weight is 313 g/mol. The maximum atomic E-state index is 12.3. The summed E-state index contributed by atoms with van der Waals surface area (Å²) in [5.41, 5.74) is 0.525. The lowest BCUT2D eigenvalue weighted by atomic mass is 9.85. The zero-order valence-corrected chi connectivity index (χ0v) is 12.2. The Labute approximate surface area is 115 Å². The molecule has 98 valence electrons. The molecule has 4 nitrogen and oxygen atoms in total. The van der Waals surface area contributed by atoms with Crippen molar-refractivity contribution in [3.63, 3.8) is 0 Å². The first-order chi connectivity index (χ1) is 8.61. The van der Waals surface area contributed by atoms with Gasteiger partial charge in [0.25, 0.3) is 5.91 Å². The zero-order chi connectivity index (χ0) is 13.1. The molecule has 1 heterocycles. The quantitative estimate of drug-likeness (QED) is 0.801. The lowest BCUT2D eigenvalue weighted by molar-refractivity contribution is 0.0744. The van der Waals surface area contributed by atoms with E-state index >= 15 is 0 Å². The fourth-order valence-electron chi connectivity index (χ4n) is 2.20. The predicted molar refractivity (Wildman–Crippen MR) is 73.2 cm³/mol. The molecule has 0 aliphatic heterocycles. The van der Waals surface area contributed by atoms with E-state index in [1.165, 1.54) is 7.11 Å². The van der Waals surface area contributed by atoms with Crippen LogP contribution in [-0.2, 0) is 0 Å². The SMILES string of the molecule is COc1ncccc1C(=O)N(C)CC1CC(Br)C1. The molecule has 0 atom stereocenters. The molecule has 0 spiro atoms. The van der Waals surface area contributed by atoms with Gasteiger partial charge in [0.15, 0.2) is 0 Å². The zero-order valence-electron chi connectivity index (χ0n) is 10.6. The molecule has 1 aromatic heterocycles. The summed E-state index contributed by atoms with van der Waals surface area (Å²) in [5.74, 6) is 0.963. The van der Waals surface area contributed by atoms with E-state index in [-0.39, 0.29) is 5.91 Å².